The third kappa shape index (κ3) is 8.11. The fraction of sp³-hybridized carbons (Fsp3) is 0.310. The molecular weight excluding hydrogens is 348 g/mol. The lowest BCUT2D eigenvalue weighted by Gasteiger charge is -2.32. The van der Waals surface area contributed by atoms with Crippen molar-refractivity contribution < 1.29 is 0 Å². The van der Waals surface area contributed by atoms with Crippen LogP contribution in [-0.4, -0.2) is 0 Å². The molecule has 0 aromatic heterocycles. The van der Waals surface area contributed by atoms with E-state index < -0.39 is 0 Å². The molecule has 2 rings (SSSR count). The molecule has 1 aliphatic carbocycles. The Hall–Kier alpha value is -2.60. The smallest absolute Gasteiger partial charge is 0.0104 e. The fourth-order valence-electron chi connectivity index (χ4n) is 3.69. The highest BCUT2D eigenvalue weighted by Gasteiger charge is 2.26. The summed E-state index contributed by atoms with van der Waals surface area (Å²) in [5.74, 6) is 0. The van der Waals surface area contributed by atoms with Crippen LogP contribution in [0.3, 0.4) is 0 Å². The predicted octanol–water partition coefficient (Wildman–Crippen LogP) is 8.79. The zero-order valence-electron chi connectivity index (χ0n) is 18.8. The van der Waals surface area contributed by atoms with E-state index in [1.165, 1.54) is 41.5 Å². The van der Waals surface area contributed by atoms with Crippen LogP contribution in [0.1, 0.15) is 59.4 Å². The predicted molar refractivity (Wildman–Crippen MR) is 131 cm³/mol. The Bertz CT molecular complexity index is 862. The number of hydrogen-bond donors (Lipinski definition) is 0. The molecule has 0 aliphatic heterocycles. The lowest BCUT2D eigenvalue weighted by atomic mass is 9.72. The average Bonchev–Trinajstić information content (AvgIpc) is 2.67. The topological polar surface area (TPSA) is 0 Å². The number of rotatable bonds is 7. The Balaban J connectivity index is 1.89. The van der Waals surface area contributed by atoms with Crippen molar-refractivity contribution in [2.75, 3.05) is 0 Å². The Labute approximate surface area is 178 Å². The van der Waals surface area contributed by atoms with Crippen LogP contribution in [0, 0.1) is 5.41 Å². The highest BCUT2D eigenvalue weighted by molar-refractivity contribution is 5.50. The number of hydrogen-bond acceptors (Lipinski definition) is 0. The van der Waals surface area contributed by atoms with Crippen molar-refractivity contribution in [1.29, 1.82) is 0 Å². The molecule has 0 atom stereocenters. The zero-order chi connectivity index (χ0) is 21.1. The summed E-state index contributed by atoms with van der Waals surface area (Å²) in [5.41, 5.74) is 7.09. The Kier molecular flexibility index (Phi) is 8.93. The van der Waals surface area contributed by atoms with Crippen molar-refractivity contribution in [3.8, 4) is 0 Å². The number of allylic oxidation sites excluding steroid dienone is 13. The molecule has 0 radical (unpaired) electrons. The van der Waals surface area contributed by atoms with Gasteiger partial charge in [0.1, 0.15) is 0 Å². The molecule has 29 heavy (non-hydrogen) atoms. The minimum Gasteiger partial charge on any atom is -0.0696 e. The molecule has 152 valence electrons. The molecule has 0 saturated carbocycles. The molecule has 0 amide bonds. The standard InChI is InChI=1S/C29H36/c1-24(14-8-6-9-18-27-19-10-7-11-20-27)15-12-16-25(2)21-22-28-26(3)17-13-23-29(28,4)5/h6-12,14-16,18-22H,13,17,23H2,1-5H3. The van der Waals surface area contributed by atoms with E-state index in [-0.39, 0.29) is 0 Å². The van der Waals surface area contributed by atoms with Crippen molar-refractivity contribution in [3.05, 3.63) is 113 Å². The Morgan fingerprint density at radius 1 is 0.828 bits per heavy atom. The van der Waals surface area contributed by atoms with Crippen LogP contribution in [0.2, 0.25) is 0 Å². The summed E-state index contributed by atoms with van der Waals surface area (Å²) >= 11 is 0. The summed E-state index contributed by atoms with van der Waals surface area (Å²) in [5, 5.41) is 0. The first-order valence-corrected chi connectivity index (χ1v) is 10.7. The van der Waals surface area contributed by atoms with E-state index in [1.807, 2.05) is 6.07 Å². The largest absolute Gasteiger partial charge is 0.0696 e. The zero-order valence-corrected chi connectivity index (χ0v) is 18.8. The van der Waals surface area contributed by atoms with Crippen LogP contribution in [0.25, 0.3) is 6.08 Å². The van der Waals surface area contributed by atoms with Crippen LogP contribution < -0.4 is 0 Å². The van der Waals surface area contributed by atoms with Gasteiger partial charge in [0.05, 0.1) is 0 Å². The van der Waals surface area contributed by atoms with Crippen LogP contribution in [0.4, 0.5) is 0 Å². The van der Waals surface area contributed by atoms with E-state index in [4.69, 9.17) is 0 Å². The highest BCUT2D eigenvalue weighted by atomic mass is 14.3. The monoisotopic (exact) mass is 384 g/mol. The first-order chi connectivity index (χ1) is 13.9. The quantitative estimate of drug-likeness (QED) is 0.412. The maximum Gasteiger partial charge on any atom is -0.0104 e. The van der Waals surface area contributed by atoms with Gasteiger partial charge in [-0.1, -0.05) is 122 Å². The summed E-state index contributed by atoms with van der Waals surface area (Å²) in [6.07, 6.45) is 25.3. The van der Waals surface area contributed by atoms with Crippen molar-refractivity contribution in [2.24, 2.45) is 5.41 Å². The van der Waals surface area contributed by atoms with Gasteiger partial charge in [-0.3, -0.25) is 0 Å². The van der Waals surface area contributed by atoms with Crippen molar-refractivity contribution in [2.45, 2.75) is 53.9 Å². The van der Waals surface area contributed by atoms with Crippen LogP contribution in [0.15, 0.2) is 107 Å². The van der Waals surface area contributed by atoms with E-state index in [1.54, 1.807) is 5.57 Å². The SMILES string of the molecule is CC(C=CC=C(C)C=CC1=C(C)CCCC1(C)C)=CC=CC=Cc1ccccc1. The molecule has 0 bridgehead atoms. The molecular formula is C29H36. The van der Waals surface area contributed by atoms with E-state index in [0.717, 1.165) is 0 Å². The van der Waals surface area contributed by atoms with Gasteiger partial charge in [0, 0.05) is 0 Å². The molecule has 0 saturated heterocycles. The van der Waals surface area contributed by atoms with Gasteiger partial charge in [-0.25, -0.2) is 0 Å². The normalized spacial score (nSPS) is 18.8. The van der Waals surface area contributed by atoms with Crippen molar-refractivity contribution in [1.82, 2.24) is 0 Å². The van der Waals surface area contributed by atoms with E-state index in [9.17, 15) is 0 Å². The van der Waals surface area contributed by atoms with Crippen molar-refractivity contribution in [3.63, 3.8) is 0 Å². The van der Waals surface area contributed by atoms with Crippen LogP contribution in [0.5, 0.6) is 0 Å². The summed E-state index contributed by atoms with van der Waals surface area (Å²) < 4.78 is 0. The van der Waals surface area contributed by atoms with E-state index in [2.05, 4.69) is 120 Å². The van der Waals surface area contributed by atoms with Gasteiger partial charge in [-0.2, -0.15) is 0 Å². The Morgan fingerprint density at radius 2 is 1.52 bits per heavy atom. The third-order valence-corrected chi connectivity index (χ3v) is 5.44. The molecule has 0 heteroatoms. The van der Waals surface area contributed by atoms with Crippen LogP contribution in [-0.2, 0) is 0 Å². The lowest BCUT2D eigenvalue weighted by molar-refractivity contribution is 0.377. The molecule has 1 aliphatic rings. The molecule has 1 aromatic carbocycles. The van der Waals surface area contributed by atoms with Gasteiger partial charge in [0.2, 0.25) is 0 Å². The van der Waals surface area contributed by atoms with E-state index >= 15 is 0 Å². The number of benzene rings is 1. The summed E-state index contributed by atoms with van der Waals surface area (Å²) in [6.45, 7) is 11.3. The summed E-state index contributed by atoms with van der Waals surface area (Å²) in [7, 11) is 0. The average molecular weight is 385 g/mol. The summed E-state index contributed by atoms with van der Waals surface area (Å²) in [6, 6.07) is 10.3. The first-order valence-electron chi connectivity index (χ1n) is 10.7. The molecule has 0 heterocycles. The molecule has 0 unspecified atom stereocenters. The van der Waals surface area contributed by atoms with E-state index in [0.29, 0.717) is 5.41 Å². The van der Waals surface area contributed by atoms with Gasteiger partial charge in [-0.15, -0.1) is 0 Å². The third-order valence-electron chi connectivity index (χ3n) is 5.44. The maximum absolute atomic E-state index is 2.37. The second-order valence-corrected chi connectivity index (χ2v) is 8.60. The minimum absolute atomic E-state index is 0.301. The summed E-state index contributed by atoms with van der Waals surface area (Å²) in [4.78, 5) is 0. The van der Waals surface area contributed by atoms with Crippen molar-refractivity contribution >= 4 is 6.08 Å². The van der Waals surface area contributed by atoms with Gasteiger partial charge in [0.25, 0.3) is 0 Å². The van der Waals surface area contributed by atoms with Gasteiger partial charge < -0.3 is 0 Å². The Morgan fingerprint density at radius 3 is 2.24 bits per heavy atom. The first kappa shape index (κ1) is 22.7. The van der Waals surface area contributed by atoms with Gasteiger partial charge >= 0.3 is 0 Å². The lowest BCUT2D eigenvalue weighted by Crippen LogP contribution is -2.19. The highest BCUT2D eigenvalue weighted by Crippen LogP contribution is 2.40. The fourth-order valence-corrected chi connectivity index (χ4v) is 3.69. The molecule has 0 fully saturated rings. The minimum atomic E-state index is 0.301. The second kappa shape index (κ2) is 11.4. The van der Waals surface area contributed by atoms with Crippen LogP contribution >= 0.6 is 0 Å². The molecule has 0 N–H and O–H groups in total. The maximum atomic E-state index is 2.37. The second-order valence-electron chi connectivity index (χ2n) is 8.60. The molecule has 0 nitrogen and oxygen atoms in total. The molecule has 1 aromatic rings. The molecule has 0 spiro atoms. The van der Waals surface area contributed by atoms with Gasteiger partial charge in [0.15, 0.2) is 0 Å². The van der Waals surface area contributed by atoms with Gasteiger partial charge in [-0.05, 0) is 56.6 Å².